The molecule has 0 aliphatic carbocycles. The number of hydrogen-bond donors (Lipinski definition) is 1. The molecular weight excluding hydrogens is 347 g/mol. The third-order valence-electron chi connectivity index (χ3n) is 2.18. The second kappa shape index (κ2) is 4.93. The van der Waals surface area contributed by atoms with E-state index < -0.39 is 22.7 Å². The Morgan fingerprint density at radius 1 is 1.26 bits per heavy atom. The number of carbonyl (C=O) groups is 1. The van der Waals surface area contributed by atoms with Gasteiger partial charge in [0.1, 0.15) is 9.88 Å². The van der Waals surface area contributed by atoms with Crippen LogP contribution < -0.4 is 0 Å². The Morgan fingerprint density at radius 2 is 1.84 bits per heavy atom. The zero-order chi connectivity index (χ0) is 14.2. The minimum Gasteiger partial charge on any atom is -0.477 e. The molecule has 2 rings (SSSR count). The van der Waals surface area contributed by atoms with E-state index in [1.165, 1.54) is 0 Å². The van der Waals surface area contributed by atoms with Gasteiger partial charge in [0.2, 0.25) is 0 Å². The molecular formula is C11H5BrF3NO2S. The van der Waals surface area contributed by atoms with E-state index in [4.69, 9.17) is 5.11 Å². The summed E-state index contributed by atoms with van der Waals surface area (Å²) in [6.07, 6.45) is -4.78. The minimum absolute atomic E-state index is 0.0252. The normalized spacial score (nSPS) is 11.6. The molecule has 8 heteroatoms. The highest BCUT2D eigenvalue weighted by atomic mass is 79.9. The predicted octanol–water partition coefficient (Wildman–Crippen LogP) is 4.29. The van der Waals surface area contributed by atoms with Crippen molar-refractivity contribution in [3.8, 4) is 10.6 Å². The van der Waals surface area contributed by atoms with E-state index in [1.54, 1.807) is 24.3 Å². The molecule has 0 spiro atoms. The second-order valence-electron chi connectivity index (χ2n) is 3.51. The molecule has 0 atom stereocenters. The quantitative estimate of drug-likeness (QED) is 0.877. The Labute approximate surface area is 117 Å². The highest BCUT2D eigenvalue weighted by Crippen LogP contribution is 2.37. The maximum absolute atomic E-state index is 12.7. The number of carboxylic acids is 1. The van der Waals surface area contributed by atoms with Crippen LogP contribution in [0.1, 0.15) is 15.4 Å². The van der Waals surface area contributed by atoms with Gasteiger partial charge in [0.05, 0.1) is 0 Å². The van der Waals surface area contributed by atoms with Gasteiger partial charge in [0, 0.05) is 10.0 Å². The third kappa shape index (κ3) is 2.95. The number of halogens is 4. The lowest BCUT2D eigenvalue weighted by Gasteiger charge is -2.02. The summed E-state index contributed by atoms with van der Waals surface area (Å²) in [6, 6.07) is 6.41. The van der Waals surface area contributed by atoms with E-state index >= 15 is 0 Å². The maximum atomic E-state index is 12.7. The summed E-state index contributed by atoms with van der Waals surface area (Å²) in [5.41, 5.74) is -0.922. The van der Waals surface area contributed by atoms with Gasteiger partial charge in [0.25, 0.3) is 0 Å². The number of benzene rings is 1. The molecule has 1 N–H and O–H groups in total. The first-order valence-corrected chi connectivity index (χ1v) is 6.47. The largest absolute Gasteiger partial charge is 0.477 e. The number of rotatable bonds is 2. The van der Waals surface area contributed by atoms with E-state index in [1.807, 2.05) is 0 Å². The smallest absolute Gasteiger partial charge is 0.435 e. The van der Waals surface area contributed by atoms with Gasteiger partial charge in [-0.25, -0.2) is 9.78 Å². The first-order valence-electron chi connectivity index (χ1n) is 4.86. The first kappa shape index (κ1) is 14.0. The lowest BCUT2D eigenvalue weighted by atomic mass is 10.2. The van der Waals surface area contributed by atoms with Gasteiger partial charge in [-0.1, -0.05) is 28.1 Å². The van der Waals surface area contributed by atoms with Crippen LogP contribution in [0.5, 0.6) is 0 Å². The Balaban J connectivity index is 2.55. The molecule has 0 saturated heterocycles. The van der Waals surface area contributed by atoms with Crippen LogP contribution in [-0.4, -0.2) is 16.1 Å². The van der Waals surface area contributed by atoms with Crippen molar-refractivity contribution in [3.63, 3.8) is 0 Å². The zero-order valence-electron chi connectivity index (χ0n) is 9.03. The van der Waals surface area contributed by atoms with Gasteiger partial charge in [0.15, 0.2) is 5.69 Å². The minimum atomic E-state index is -4.78. The van der Waals surface area contributed by atoms with Gasteiger partial charge < -0.3 is 5.11 Å². The Hall–Kier alpha value is -1.41. The average molecular weight is 352 g/mol. The molecule has 0 aliphatic heterocycles. The number of alkyl halides is 3. The summed E-state index contributed by atoms with van der Waals surface area (Å²) < 4.78 is 38.8. The molecule has 100 valence electrons. The fourth-order valence-corrected chi connectivity index (χ4v) is 2.57. The second-order valence-corrected chi connectivity index (χ2v) is 5.42. The summed E-state index contributed by atoms with van der Waals surface area (Å²) >= 11 is 3.71. The monoisotopic (exact) mass is 351 g/mol. The van der Waals surface area contributed by atoms with E-state index in [9.17, 15) is 18.0 Å². The van der Waals surface area contributed by atoms with Crippen molar-refractivity contribution in [1.29, 1.82) is 0 Å². The number of hydrogen-bond acceptors (Lipinski definition) is 3. The van der Waals surface area contributed by atoms with Gasteiger partial charge in [-0.3, -0.25) is 0 Å². The zero-order valence-corrected chi connectivity index (χ0v) is 11.4. The summed E-state index contributed by atoms with van der Waals surface area (Å²) in [5, 5.41) is 8.82. The lowest BCUT2D eigenvalue weighted by molar-refractivity contribution is -0.141. The van der Waals surface area contributed by atoms with Crippen LogP contribution in [-0.2, 0) is 6.18 Å². The van der Waals surface area contributed by atoms with Crippen molar-refractivity contribution >= 4 is 33.2 Å². The lowest BCUT2D eigenvalue weighted by Crippen LogP contribution is -2.11. The summed E-state index contributed by atoms with van der Waals surface area (Å²) in [6.45, 7) is 0. The van der Waals surface area contributed by atoms with Crippen LogP contribution in [0.2, 0.25) is 0 Å². The molecule has 0 saturated carbocycles. The van der Waals surface area contributed by atoms with Crippen LogP contribution >= 0.6 is 27.3 Å². The van der Waals surface area contributed by atoms with Gasteiger partial charge in [-0.05, 0) is 12.1 Å². The van der Waals surface area contributed by atoms with Gasteiger partial charge in [-0.2, -0.15) is 13.2 Å². The number of carboxylic acid groups (broad SMARTS) is 1. The van der Waals surface area contributed by atoms with E-state index in [2.05, 4.69) is 20.9 Å². The topological polar surface area (TPSA) is 50.2 Å². The van der Waals surface area contributed by atoms with Crippen molar-refractivity contribution < 1.29 is 23.1 Å². The number of thiazole rings is 1. The van der Waals surface area contributed by atoms with Gasteiger partial charge in [-0.15, -0.1) is 11.3 Å². The van der Waals surface area contributed by atoms with E-state index in [0.29, 0.717) is 16.9 Å². The molecule has 0 fully saturated rings. The summed E-state index contributed by atoms with van der Waals surface area (Å²) in [7, 11) is 0. The van der Waals surface area contributed by atoms with Crippen molar-refractivity contribution in [2.45, 2.75) is 6.18 Å². The van der Waals surface area contributed by atoms with Crippen LogP contribution in [0.4, 0.5) is 13.2 Å². The fourth-order valence-electron chi connectivity index (χ4n) is 1.37. The number of aromatic carboxylic acids is 1. The molecule has 0 radical (unpaired) electrons. The highest BCUT2D eigenvalue weighted by Gasteiger charge is 2.39. The van der Waals surface area contributed by atoms with Crippen molar-refractivity contribution in [2.75, 3.05) is 0 Å². The molecule has 1 heterocycles. The van der Waals surface area contributed by atoms with Crippen LogP contribution in [0.15, 0.2) is 28.7 Å². The highest BCUT2D eigenvalue weighted by molar-refractivity contribution is 9.10. The molecule has 1 aromatic carbocycles. The summed E-state index contributed by atoms with van der Waals surface area (Å²) in [5.74, 6) is -1.63. The maximum Gasteiger partial charge on any atom is 0.435 e. The molecule has 19 heavy (non-hydrogen) atoms. The SMILES string of the molecule is O=C(O)c1sc(-c2ccc(Br)cc2)nc1C(F)(F)F. The van der Waals surface area contributed by atoms with E-state index in [-0.39, 0.29) is 5.01 Å². The van der Waals surface area contributed by atoms with Gasteiger partial charge >= 0.3 is 12.1 Å². The van der Waals surface area contributed by atoms with Crippen LogP contribution in [0, 0.1) is 0 Å². The summed E-state index contributed by atoms with van der Waals surface area (Å²) in [4.78, 5) is 13.4. The molecule has 0 aliphatic rings. The Kier molecular flexibility index (Phi) is 3.64. The predicted molar refractivity (Wildman–Crippen MR) is 67.2 cm³/mol. The van der Waals surface area contributed by atoms with Crippen molar-refractivity contribution in [1.82, 2.24) is 4.98 Å². The molecule has 1 aromatic heterocycles. The number of nitrogens with zero attached hydrogens (tertiary/aromatic N) is 1. The number of aromatic nitrogens is 1. The van der Waals surface area contributed by atoms with Crippen molar-refractivity contribution in [3.05, 3.63) is 39.3 Å². The Morgan fingerprint density at radius 3 is 2.26 bits per heavy atom. The molecule has 0 bridgehead atoms. The van der Waals surface area contributed by atoms with Crippen LogP contribution in [0.25, 0.3) is 10.6 Å². The first-order chi connectivity index (χ1) is 8.79. The third-order valence-corrected chi connectivity index (χ3v) is 3.80. The molecule has 2 aromatic rings. The van der Waals surface area contributed by atoms with E-state index in [0.717, 1.165) is 4.47 Å². The fraction of sp³-hybridized carbons (Fsp3) is 0.0909. The van der Waals surface area contributed by atoms with Crippen molar-refractivity contribution in [2.24, 2.45) is 0 Å². The molecule has 0 amide bonds. The Bertz CT molecular complexity index is 622. The molecule has 3 nitrogen and oxygen atoms in total. The van der Waals surface area contributed by atoms with Crippen LogP contribution in [0.3, 0.4) is 0 Å². The average Bonchev–Trinajstić information content (AvgIpc) is 2.74. The standard InChI is InChI=1S/C11H5BrF3NO2S/c12-6-3-1-5(2-4-6)9-16-8(11(13,14)15)7(19-9)10(17)18/h1-4H,(H,17,18). The molecule has 0 unspecified atom stereocenters.